The minimum atomic E-state index is -3.98. The zero-order chi connectivity index (χ0) is 22.2. The van der Waals surface area contributed by atoms with Gasteiger partial charge in [-0.05, 0) is 57.1 Å². The van der Waals surface area contributed by atoms with Gasteiger partial charge >= 0.3 is 5.97 Å². The van der Waals surface area contributed by atoms with Crippen molar-refractivity contribution in [1.82, 2.24) is 14.2 Å². The fourth-order valence-corrected chi connectivity index (χ4v) is 5.83. The van der Waals surface area contributed by atoms with Gasteiger partial charge in [-0.2, -0.15) is 4.31 Å². The second-order valence-corrected chi connectivity index (χ2v) is 9.51. The van der Waals surface area contributed by atoms with E-state index in [0.29, 0.717) is 5.75 Å². The van der Waals surface area contributed by atoms with Crippen molar-refractivity contribution in [1.29, 1.82) is 0 Å². The molecule has 0 aliphatic carbocycles. The summed E-state index contributed by atoms with van der Waals surface area (Å²) in [5, 5.41) is 0. The van der Waals surface area contributed by atoms with Crippen LogP contribution in [-0.2, 0) is 19.6 Å². The van der Waals surface area contributed by atoms with Crippen molar-refractivity contribution in [2.45, 2.75) is 42.8 Å². The highest BCUT2D eigenvalue weighted by molar-refractivity contribution is 7.89. The van der Waals surface area contributed by atoms with E-state index in [1.807, 2.05) is 7.05 Å². The first kappa shape index (κ1) is 21.7. The molecular weight excluding hydrogens is 425 g/mol. The third-order valence-electron chi connectivity index (χ3n) is 5.84. The van der Waals surface area contributed by atoms with Gasteiger partial charge in [0.15, 0.2) is 0 Å². The Morgan fingerprint density at radius 2 is 1.94 bits per heavy atom. The second kappa shape index (κ2) is 8.52. The van der Waals surface area contributed by atoms with Crippen molar-refractivity contribution in [2.75, 3.05) is 20.2 Å². The maximum atomic E-state index is 13.4. The molecule has 0 N–H and O–H groups in total. The molecule has 10 heteroatoms. The van der Waals surface area contributed by atoms with E-state index in [0.717, 1.165) is 12.8 Å². The summed E-state index contributed by atoms with van der Waals surface area (Å²) in [7, 11) is -2.06. The van der Waals surface area contributed by atoms with E-state index in [9.17, 15) is 17.6 Å². The number of aromatic nitrogens is 1. The fraction of sp³-hybridized carbons (Fsp3) is 0.429. The predicted octanol–water partition coefficient (Wildman–Crippen LogP) is 2.41. The van der Waals surface area contributed by atoms with Gasteiger partial charge in [-0.3, -0.25) is 9.69 Å². The van der Waals surface area contributed by atoms with E-state index in [-0.39, 0.29) is 41.8 Å². The molecule has 0 spiro atoms. The number of likely N-dealkylation sites (N-methyl/N-ethyl adjacent to an activating group) is 1. The fourth-order valence-electron chi connectivity index (χ4n) is 4.24. The third-order valence-corrected chi connectivity index (χ3v) is 7.67. The van der Waals surface area contributed by atoms with Crippen molar-refractivity contribution in [3.05, 3.63) is 48.4 Å². The number of fused-ring (bicyclic) bond motifs is 2. The highest BCUT2D eigenvalue weighted by atomic mass is 32.2. The molecule has 3 heterocycles. The van der Waals surface area contributed by atoms with Gasteiger partial charge in [0, 0.05) is 24.7 Å². The molecule has 0 radical (unpaired) electrons. The van der Waals surface area contributed by atoms with Gasteiger partial charge in [-0.15, -0.1) is 0 Å². The molecule has 2 bridgehead atoms. The van der Waals surface area contributed by atoms with Gasteiger partial charge in [0.2, 0.25) is 15.9 Å². The number of carbonyl (C=O) groups is 1. The maximum absolute atomic E-state index is 13.4. The van der Waals surface area contributed by atoms with Crippen LogP contribution in [-0.4, -0.2) is 66.9 Å². The van der Waals surface area contributed by atoms with Crippen LogP contribution in [0.15, 0.2) is 47.5 Å². The molecule has 3 atom stereocenters. The van der Waals surface area contributed by atoms with Crippen LogP contribution in [0.5, 0.6) is 11.6 Å². The lowest BCUT2D eigenvalue weighted by Crippen LogP contribution is -2.62. The number of halogens is 1. The first-order valence-corrected chi connectivity index (χ1v) is 11.5. The lowest BCUT2D eigenvalue weighted by molar-refractivity contribution is -0.151. The minimum absolute atomic E-state index is 0.0304. The normalized spacial score (nSPS) is 24.2. The van der Waals surface area contributed by atoms with Crippen molar-refractivity contribution in [3.8, 4) is 11.6 Å². The van der Waals surface area contributed by atoms with Crippen molar-refractivity contribution in [2.24, 2.45) is 0 Å². The Balaban J connectivity index is 1.59. The number of sulfonamides is 1. The molecule has 2 aromatic rings. The highest BCUT2D eigenvalue weighted by Crippen LogP contribution is 2.36. The zero-order valence-corrected chi connectivity index (χ0v) is 18.1. The van der Waals surface area contributed by atoms with Gasteiger partial charge in [0.1, 0.15) is 22.5 Å². The zero-order valence-electron chi connectivity index (χ0n) is 17.3. The van der Waals surface area contributed by atoms with E-state index < -0.39 is 22.0 Å². The Labute approximate surface area is 180 Å². The summed E-state index contributed by atoms with van der Waals surface area (Å²) in [5.41, 5.74) is 0. The van der Waals surface area contributed by atoms with Gasteiger partial charge in [0.25, 0.3) is 0 Å². The van der Waals surface area contributed by atoms with Crippen LogP contribution < -0.4 is 4.74 Å². The predicted molar refractivity (Wildman–Crippen MR) is 110 cm³/mol. The number of esters is 1. The topological polar surface area (TPSA) is 89.0 Å². The Bertz CT molecular complexity index is 1050. The van der Waals surface area contributed by atoms with Crippen LogP contribution in [0.4, 0.5) is 4.39 Å². The largest absolute Gasteiger partial charge is 0.465 e. The molecular formula is C21H24FN3O5S. The summed E-state index contributed by atoms with van der Waals surface area (Å²) in [6.45, 7) is 2.09. The van der Waals surface area contributed by atoms with Gasteiger partial charge in [-0.25, -0.2) is 17.8 Å². The van der Waals surface area contributed by atoms with Crippen LogP contribution in [0.2, 0.25) is 0 Å². The van der Waals surface area contributed by atoms with Crippen LogP contribution in [0.25, 0.3) is 0 Å². The molecule has 2 saturated heterocycles. The summed E-state index contributed by atoms with van der Waals surface area (Å²) in [6.07, 6.45) is 2.77. The number of hydrogen-bond acceptors (Lipinski definition) is 7. The molecule has 166 valence electrons. The summed E-state index contributed by atoms with van der Waals surface area (Å²) >= 11 is 0. The molecule has 31 heavy (non-hydrogen) atoms. The lowest BCUT2D eigenvalue weighted by Gasteiger charge is -2.43. The number of ether oxygens (including phenoxy) is 2. The Hall–Kier alpha value is -2.56. The average molecular weight is 450 g/mol. The molecule has 0 unspecified atom stereocenters. The second-order valence-electron chi connectivity index (χ2n) is 7.62. The van der Waals surface area contributed by atoms with E-state index in [1.165, 1.54) is 46.9 Å². The monoisotopic (exact) mass is 449 g/mol. The van der Waals surface area contributed by atoms with Crippen LogP contribution in [0, 0.1) is 5.82 Å². The van der Waals surface area contributed by atoms with Crippen LogP contribution in [0.3, 0.4) is 0 Å². The summed E-state index contributed by atoms with van der Waals surface area (Å²) in [5.74, 6) is -0.375. The molecule has 2 aliphatic rings. The number of nitrogens with zero attached hydrogens (tertiary/aromatic N) is 3. The first-order valence-electron chi connectivity index (χ1n) is 10.1. The number of hydrogen-bond donors (Lipinski definition) is 0. The first-order chi connectivity index (χ1) is 14.8. The Kier molecular flexibility index (Phi) is 5.96. The van der Waals surface area contributed by atoms with Crippen molar-refractivity contribution < 1.29 is 27.1 Å². The summed E-state index contributed by atoms with van der Waals surface area (Å²) < 4.78 is 51.8. The number of pyridine rings is 1. The lowest BCUT2D eigenvalue weighted by atomic mass is 10.1. The molecule has 1 aromatic carbocycles. The molecule has 4 rings (SSSR count). The number of benzene rings is 1. The molecule has 1 aromatic heterocycles. The van der Waals surface area contributed by atoms with Gasteiger partial charge in [0.05, 0.1) is 12.8 Å². The standard InChI is InChI=1S/C21H24FN3O5S/c1-3-29-21(26)20-18-10-6-15(24(18)2)13-25(20)31(27,28)17-9-11-19(23-12-17)30-16-7-4-14(22)5-8-16/h4-5,7-9,11-12,15,18,20H,3,6,10,13H2,1-2H3/t15-,18+,20+/m1/s1. The number of rotatable bonds is 6. The molecule has 2 aliphatic heterocycles. The van der Waals surface area contributed by atoms with E-state index in [1.54, 1.807) is 6.92 Å². The Morgan fingerprint density at radius 1 is 1.19 bits per heavy atom. The summed E-state index contributed by atoms with van der Waals surface area (Å²) in [4.78, 5) is 18.8. The van der Waals surface area contributed by atoms with Gasteiger partial charge in [-0.1, -0.05) is 0 Å². The van der Waals surface area contributed by atoms with Crippen molar-refractivity contribution >= 4 is 16.0 Å². The minimum Gasteiger partial charge on any atom is -0.465 e. The van der Waals surface area contributed by atoms with Crippen LogP contribution in [0.1, 0.15) is 19.8 Å². The van der Waals surface area contributed by atoms with E-state index in [4.69, 9.17) is 9.47 Å². The maximum Gasteiger partial charge on any atom is 0.326 e. The smallest absolute Gasteiger partial charge is 0.326 e. The van der Waals surface area contributed by atoms with Gasteiger partial charge < -0.3 is 9.47 Å². The highest BCUT2D eigenvalue weighted by Gasteiger charge is 2.52. The van der Waals surface area contributed by atoms with Crippen LogP contribution >= 0.6 is 0 Å². The Morgan fingerprint density at radius 3 is 2.58 bits per heavy atom. The van der Waals surface area contributed by atoms with Crippen molar-refractivity contribution in [3.63, 3.8) is 0 Å². The SMILES string of the molecule is CCOC(=O)[C@@H]1[C@@H]2CC[C@H](CN1S(=O)(=O)c1ccc(Oc3ccc(F)cc3)nc1)N2C. The van der Waals surface area contributed by atoms with E-state index in [2.05, 4.69) is 9.88 Å². The average Bonchev–Trinajstić information content (AvgIpc) is 2.97. The molecule has 0 amide bonds. The molecule has 8 nitrogen and oxygen atoms in total. The molecule has 2 fully saturated rings. The summed E-state index contributed by atoms with van der Waals surface area (Å²) in [6, 6.07) is 7.17. The van der Waals surface area contributed by atoms with E-state index >= 15 is 0 Å². The number of carbonyl (C=O) groups excluding carboxylic acids is 1. The molecule has 0 saturated carbocycles. The number of piperazine rings is 1. The third kappa shape index (κ3) is 4.15. The quantitative estimate of drug-likeness (QED) is 0.626.